The van der Waals surface area contributed by atoms with E-state index in [1.54, 1.807) is 6.92 Å². The second-order valence-corrected chi connectivity index (χ2v) is 5.99. The topological polar surface area (TPSA) is 150 Å². The number of carboxylic acids is 1. The van der Waals surface area contributed by atoms with Gasteiger partial charge in [0.25, 0.3) is 0 Å². The molecule has 0 saturated heterocycles. The van der Waals surface area contributed by atoms with Gasteiger partial charge in [-0.2, -0.15) is 9.98 Å². The maximum Gasteiger partial charge on any atom is 0.322 e. The van der Waals surface area contributed by atoms with E-state index < -0.39 is 34.4 Å². The summed E-state index contributed by atoms with van der Waals surface area (Å²) in [6, 6.07) is 3.97. The third-order valence-electron chi connectivity index (χ3n) is 2.63. The Hall–Kier alpha value is -2.44. The molecule has 8 nitrogen and oxygen atoms in total. The normalized spacial score (nSPS) is 12.4. The van der Waals surface area contributed by atoms with Crippen molar-refractivity contribution in [3.63, 3.8) is 0 Å². The summed E-state index contributed by atoms with van der Waals surface area (Å²) in [5, 5.41) is 17.7. The van der Waals surface area contributed by atoms with Gasteiger partial charge in [0.15, 0.2) is 0 Å². The molecule has 0 bridgehead atoms. The summed E-state index contributed by atoms with van der Waals surface area (Å²) in [6.45, 7) is 1.55. The smallest absolute Gasteiger partial charge is 0.322 e. The SMILES string of the molecule is Cc1cc(S(=O)(=O)NC(CC(N)=O)C(=O)O)ccc1C#N. The van der Waals surface area contributed by atoms with E-state index in [2.05, 4.69) is 0 Å². The number of amides is 1. The first-order valence-corrected chi connectivity index (χ1v) is 7.20. The highest BCUT2D eigenvalue weighted by Gasteiger charge is 2.27. The summed E-state index contributed by atoms with van der Waals surface area (Å²) in [7, 11) is -4.15. The molecule has 21 heavy (non-hydrogen) atoms. The average Bonchev–Trinajstić information content (AvgIpc) is 2.36. The lowest BCUT2D eigenvalue weighted by Crippen LogP contribution is -2.43. The fourth-order valence-electron chi connectivity index (χ4n) is 1.56. The van der Waals surface area contributed by atoms with Crippen LogP contribution in [0.4, 0.5) is 0 Å². The van der Waals surface area contributed by atoms with Crippen LogP contribution in [-0.2, 0) is 19.6 Å². The van der Waals surface area contributed by atoms with Crippen molar-refractivity contribution in [2.75, 3.05) is 0 Å². The van der Waals surface area contributed by atoms with Crippen molar-refractivity contribution in [1.29, 1.82) is 5.26 Å². The molecule has 1 aromatic rings. The number of nitrogens with two attached hydrogens (primary N) is 1. The molecule has 0 aliphatic carbocycles. The van der Waals surface area contributed by atoms with Crippen LogP contribution in [0.15, 0.2) is 23.1 Å². The number of rotatable bonds is 6. The van der Waals surface area contributed by atoms with Gasteiger partial charge in [-0.15, -0.1) is 0 Å². The Morgan fingerprint density at radius 1 is 1.48 bits per heavy atom. The molecular formula is C12H13N3O5S. The van der Waals surface area contributed by atoms with Gasteiger partial charge in [-0.3, -0.25) is 9.59 Å². The Morgan fingerprint density at radius 2 is 2.10 bits per heavy atom. The first-order chi connectivity index (χ1) is 9.67. The van der Waals surface area contributed by atoms with Crippen LogP contribution < -0.4 is 10.5 Å². The van der Waals surface area contributed by atoms with Crippen LogP contribution in [0, 0.1) is 18.3 Å². The van der Waals surface area contributed by atoms with Gasteiger partial charge in [-0.1, -0.05) is 0 Å². The molecule has 0 radical (unpaired) electrons. The summed E-state index contributed by atoms with van der Waals surface area (Å²) in [4.78, 5) is 21.5. The van der Waals surface area contributed by atoms with E-state index in [0.29, 0.717) is 11.1 Å². The van der Waals surface area contributed by atoms with Gasteiger partial charge in [-0.05, 0) is 30.7 Å². The van der Waals surface area contributed by atoms with Gasteiger partial charge in [-0.25, -0.2) is 8.42 Å². The molecule has 0 aliphatic heterocycles. The minimum Gasteiger partial charge on any atom is -0.480 e. The van der Waals surface area contributed by atoms with E-state index in [9.17, 15) is 18.0 Å². The Kier molecular flexibility index (Phi) is 5.02. The number of hydrogen-bond donors (Lipinski definition) is 3. The number of primary amides is 1. The van der Waals surface area contributed by atoms with Crippen molar-refractivity contribution in [2.24, 2.45) is 5.73 Å². The first-order valence-electron chi connectivity index (χ1n) is 5.71. The number of aliphatic carboxylic acids is 1. The molecule has 0 fully saturated rings. The van der Waals surface area contributed by atoms with E-state index in [1.807, 2.05) is 10.8 Å². The molecule has 1 amide bonds. The largest absolute Gasteiger partial charge is 0.480 e. The molecule has 4 N–H and O–H groups in total. The van der Waals surface area contributed by atoms with Crippen LogP contribution in [0.2, 0.25) is 0 Å². The van der Waals surface area contributed by atoms with E-state index in [4.69, 9.17) is 16.1 Å². The number of sulfonamides is 1. The predicted octanol–water partition coefficient (Wildman–Crippen LogP) is -0.526. The van der Waals surface area contributed by atoms with E-state index in [1.165, 1.54) is 18.2 Å². The zero-order valence-corrected chi connectivity index (χ0v) is 11.8. The number of nitrogens with one attached hydrogen (secondary N) is 1. The summed E-state index contributed by atoms with van der Waals surface area (Å²) in [5.41, 5.74) is 5.62. The molecule has 0 aromatic heterocycles. The van der Waals surface area contributed by atoms with Crippen molar-refractivity contribution in [2.45, 2.75) is 24.3 Å². The minimum atomic E-state index is -4.15. The number of nitrogens with zero attached hydrogens (tertiary/aromatic N) is 1. The third-order valence-corrected chi connectivity index (χ3v) is 4.10. The minimum absolute atomic E-state index is 0.199. The Bertz CT molecular complexity index is 721. The molecule has 1 aromatic carbocycles. The van der Waals surface area contributed by atoms with Crippen molar-refractivity contribution in [1.82, 2.24) is 4.72 Å². The average molecular weight is 311 g/mol. The molecule has 1 rings (SSSR count). The maximum atomic E-state index is 12.1. The molecule has 0 heterocycles. The van der Waals surface area contributed by atoms with Crippen LogP contribution in [0.25, 0.3) is 0 Å². The molecule has 0 spiro atoms. The second-order valence-electron chi connectivity index (χ2n) is 4.27. The number of carbonyl (C=O) groups excluding carboxylic acids is 1. The summed E-state index contributed by atoms with van der Waals surface area (Å²) < 4.78 is 26.0. The summed E-state index contributed by atoms with van der Waals surface area (Å²) >= 11 is 0. The Morgan fingerprint density at radius 3 is 2.52 bits per heavy atom. The molecule has 112 valence electrons. The van der Waals surface area contributed by atoms with Crippen LogP contribution in [0.3, 0.4) is 0 Å². The maximum absolute atomic E-state index is 12.1. The number of aryl methyl sites for hydroxylation is 1. The number of hydrogen-bond acceptors (Lipinski definition) is 5. The monoisotopic (exact) mass is 311 g/mol. The van der Waals surface area contributed by atoms with Crippen LogP contribution in [0.1, 0.15) is 17.5 Å². The fourth-order valence-corrected chi connectivity index (χ4v) is 2.84. The molecular weight excluding hydrogens is 298 g/mol. The van der Waals surface area contributed by atoms with Gasteiger partial charge >= 0.3 is 5.97 Å². The molecule has 1 unspecified atom stereocenters. The molecule has 0 saturated carbocycles. The number of nitriles is 1. The standard InChI is InChI=1S/C12H13N3O5S/c1-7-4-9(3-2-8(7)6-13)21(19,20)15-10(12(17)18)5-11(14)16/h2-4,10,15H,5H2,1H3,(H2,14,16)(H,17,18). The third kappa shape index (κ3) is 4.27. The second kappa shape index (κ2) is 6.34. The fraction of sp³-hybridized carbons (Fsp3) is 0.250. The van der Waals surface area contributed by atoms with Crippen LogP contribution in [-0.4, -0.2) is 31.4 Å². The van der Waals surface area contributed by atoms with Gasteiger partial charge in [0.2, 0.25) is 15.9 Å². The van der Waals surface area contributed by atoms with E-state index in [-0.39, 0.29) is 4.90 Å². The lowest BCUT2D eigenvalue weighted by molar-refractivity contribution is -0.140. The van der Waals surface area contributed by atoms with Gasteiger partial charge in [0.05, 0.1) is 22.9 Å². The van der Waals surface area contributed by atoms with Crippen molar-refractivity contribution in [3.05, 3.63) is 29.3 Å². The van der Waals surface area contributed by atoms with Crippen molar-refractivity contribution >= 4 is 21.9 Å². The quantitative estimate of drug-likeness (QED) is 0.642. The van der Waals surface area contributed by atoms with Crippen LogP contribution >= 0.6 is 0 Å². The van der Waals surface area contributed by atoms with E-state index in [0.717, 1.165) is 0 Å². The zero-order valence-electron chi connectivity index (χ0n) is 11.0. The summed E-state index contributed by atoms with van der Waals surface area (Å²) in [5.74, 6) is -2.45. The lowest BCUT2D eigenvalue weighted by atomic mass is 10.1. The number of carboxylic acid groups (broad SMARTS) is 1. The summed E-state index contributed by atoms with van der Waals surface area (Å²) in [6.07, 6.45) is -0.663. The highest BCUT2D eigenvalue weighted by molar-refractivity contribution is 7.89. The first kappa shape index (κ1) is 16.6. The Balaban J connectivity index is 3.10. The number of carbonyl (C=O) groups is 2. The van der Waals surface area contributed by atoms with Gasteiger partial charge in [0.1, 0.15) is 6.04 Å². The van der Waals surface area contributed by atoms with Crippen molar-refractivity contribution in [3.8, 4) is 6.07 Å². The zero-order chi connectivity index (χ0) is 16.2. The van der Waals surface area contributed by atoms with Crippen molar-refractivity contribution < 1.29 is 23.1 Å². The van der Waals surface area contributed by atoms with E-state index >= 15 is 0 Å². The highest BCUT2D eigenvalue weighted by atomic mass is 32.2. The molecule has 0 aliphatic rings. The highest BCUT2D eigenvalue weighted by Crippen LogP contribution is 2.15. The number of benzene rings is 1. The van der Waals surface area contributed by atoms with Gasteiger partial charge < -0.3 is 10.8 Å². The Labute approximate surface area is 121 Å². The lowest BCUT2D eigenvalue weighted by Gasteiger charge is -2.13. The van der Waals surface area contributed by atoms with Crippen LogP contribution in [0.5, 0.6) is 0 Å². The predicted molar refractivity (Wildman–Crippen MR) is 71.5 cm³/mol. The molecule has 1 atom stereocenters. The molecule has 9 heteroatoms. The van der Waals surface area contributed by atoms with Gasteiger partial charge in [0, 0.05) is 0 Å².